The van der Waals surface area contributed by atoms with Gasteiger partial charge in [0.15, 0.2) is 0 Å². The van der Waals surface area contributed by atoms with Crippen molar-refractivity contribution in [3.8, 4) is 0 Å². The first-order chi connectivity index (χ1) is 9.27. The fourth-order valence-corrected chi connectivity index (χ4v) is 1.74. The van der Waals surface area contributed by atoms with Gasteiger partial charge in [0.05, 0.1) is 10.6 Å². The molecular weight excluding hydrogens is 296 g/mol. The molecule has 0 aliphatic rings. The number of nitrogens with two attached hydrogens (primary N) is 1. The molecule has 0 aromatic heterocycles. The highest BCUT2D eigenvalue weighted by atomic mass is 35.5. The number of hydrogen-bond acceptors (Lipinski definition) is 2. The number of alkyl halides is 3. The van der Waals surface area contributed by atoms with Crippen molar-refractivity contribution in [1.29, 1.82) is 0 Å². The van der Waals surface area contributed by atoms with E-state index < -0.39 is 17.6 Å². The van der Waals surface area contributed by atoms with Crippen LogP contribution in [-0.4, -0.2) is 0 Å². The smallest absolute Gasteiger partial charge is 0.398 e. The minimum atomic E-state index is -4.55. The molecule has 2 aromatic rings. The van der Waals surface area contributed by atoms with E-state index in [1.807, 2.05) is 0 Å². The van der Waals surface area contributed by atoms with Crippen LogP contribution in [0.1, 0.15) is 5.56 Å². The van der Waals surface area contributed by atoms with Crippen molar-refractivity contribution in [1.82, 2.24) is 0 Å². The molecule has 0 saturated heterocycles. The van der Waals surface area contributed by atoms with Crippen LogP contribution in [0.4, 0.5) is 34.6 Å². The lowest BCUT2D eigenvalue weighted by Gasteiger charge is -2.13. The van der Waals surface area contributed by atoms with Gasteiger partial charge in [-0.3, -0.25) is 0 Å². The number of nitrogen functional groups attached to an aromatic ring is 1. The first kappa shape index (κ1) is 14.5. The maximum absolute atomic E-state index is 13.2. The van der Waals surface area contributed by atoms with E-state index in [1.54, 1.807) is 0 Å². The van der Waals surface area contributed by atoms with Crippen LogP contribution in [0.3, 0.4) is 0 Å². The van der Waals surface area contributed by atoms with E-state index in [9.17, 15) is 17.6 Å². The van der Waals surface area contributed by atoms with E-state index in [2.05, 4.69) is 5.32 Å². The highest BCUT2D eigenvalue weighted by molar-refractivity contribution is 6.30. The fraction of sp³-hybridized carbons (Fsp3) is 0.0769. The zero-order valence-electron chi connectivity index (χ0n) is 9.93. The Morgan fingerprint density at radius 2 is 1.60 bits per heavy atom. The summed E-state index contributed by atoms with van der Waals surface area (Å²) in [6.45, 7) is 0. The van der Waals surface area contributed by atoms with Gasteiger partial charge < -0.3 is 11.1 Å². The average Bonchev–Trinajstić information content (AvgIpc) is 2.35. The molecule has 0 fully saturated rings. The summed E-state index contributed by atoms with van der Waals surface area (Å²) >= 11 is 5.52. The normalized spacial score (nSPS) is 11.4. The Balaban J connectivity index is 2.32. The molecule has 0 amide bonds. The number of halogens is 5. The Morgan fingerprint density at radius 1 is 1.00 bits per heavy atom. The molecule has 0 saturated carbocycles. The molecule has 0 atom stereocenters. The van der Waals surface area contributed by atoms with Gasteiger partial charge in [0.2, 0.25) is 0 Å². The summed E-state index contributed by atoms with van der Waals surface area (Å²) < 4.78 is 51.3. The summed E-state index contributed by atoms with van der Waals surface area (Å²) in [5.41, 5.74) is 4.40. The van der Waals surface area contributed by atoms with Crippen molar-refractivity contribution >= 4 is 28.7 Å². The van der Waals surface area contributed by atoms with Crippen molar-refractivity contribution in [2.45, 2.75) is 6.18 Å². The summed E-state index contributed by atoms with van der Waals surface area (Å²) in [4.78, 5) is 0. The first-order valence-electron chi connectivity index (χ1n) is 5.46. The Kier molecular flexibility index (Phi) is 3.76. The maximum Gasteiger partial charge on any atom is 0.418 e. The van der Waals surface area contributed by atoms with Gasteiger partial charge in [-0.15, -0.1) is 0 Å². The molecule has 0 aliphatic heterocycles. The van der Waals surface area contributed by atoms with Crippen LogP contribution in [0.25, 0.3) is 0 Å². The third-order valence-electron chi connectivity index (χ3n) is 2.57. The van der Waals surface area contributed by atoms with Gasteiger partial charge in [0, 0.05) is 17.1 Å². The Labute approximate surface area is 117 Å². The van der Waals surface area contributed by atoms with E-state index in [4.69, 9.17) is 17.3 Å². The summed E-state index contributed by atoms with van der Waals surface area (Å²) in [7, 11) is 0. The minimum absolute atomic E-state index is 0.0659. The summed E-state index contributed by atoms with van der Waals surface area (Å²) in [6.07, 6.45) is -4.55. The molecule has 20 heavy (non-hydrogen) atoms. The largest absolute Gasteiger partial charge is 0.418 e. The Hall–Kier alpha value is -1.95. The van der Waals surface area contributed by atoms with Crippen molar-refractivity contribution in [2.75, 3.05) is 11.1 Å². The molecule has 0 bridgehead atoms. The Morgan fingerprint density at radius 3 is 2.20 bits per heavy atom. The average molecular weight is 305 g/mol. The summed E-state index contributed by atoms with van der Waals surface area (Å²) in [5.74, 6) is -0.664. The maximum atomic E-state index is 13.2. The van der Waals surface area contributed by atoms with Crippen molar-refractivity contribution < 1.29 is 17.6 Å². The van der Waals surface area contributed by atoms with Crippen molar-refractivity contribution in [3.05, 3.63) is 52.8 Å². The fourth-order valence-electron chi connectivity index (χ4n) is 1.62. The third-order valence-corrected chi connectivity index (χ3v) is 2.87. The number of nitrogens with one attached hydrogen (secondary N) is 1. The second kappa shape index (κ2) is 5.20. The molecule has 2 rings (SSSR count). The van der Waals surface area contributed by atoms with Gasteiger partial charge in [0.1, 0.15) is 5.82 Å². The van der Waals surface area contributed by atoms with E-state index in [1.165, 1.54) is 18.2 Å². The van der Waals surface area contributed by atoms with Crippen LogP contribution in [0.15, 0.2) is 36.4 Å². The molecule has 106 valence electrons. The molecule has 0 radical (unpaired) electrons. The topological polar surface area (TPSA) is 38.0 Å². The lowest BCUT2D eigenvalue weighted by Crippen LogP contribution is -2.09. The highest BCUT2D eigenvalue weighted by Crippen LogP contribution is 2.35. The zero-order chi connectivity index (χ0) is 14.9. The Bertz CT molecular complexity index is 641. The monoisotopic (exact) mass is 304 g/mol. The quantitative estimate of drug-likeness (QED) is 0.616. The predicted octanol–water partition coefficient (Wildman–Crippen LogP) is 4.82. The van der Waals surface area contributed by atoms with Gasteiger partial charge in [-0.2, -0.15) is 13.2 Å². The molecule has 0 spiro atoms. The summed E-state index contributed by atoms with van der Waals surface area (Å²) in [6, 6.07) is 7.22. The van der Waals surface area contributed by atoms with Gasteiger partial charge in [-0.25, -0.2) is 4.39 Å². The van der Waals surface area contributed by atoms with E-state index in [-0.39, 0.29) is 22.1 Å². The molecular formula is C13H9ClF4N2. The molecule has 0 unspecified atom stereocenters. The van der Waals surface area contributed by atoms with E-state index in [0.29, 0.717) is 0 Å². The van der Waals surface area contributed by atoms with Crippen LogP contribution < -0.4 is 11.1 Å². The number of rotatable bonds is 2. The second-order valence-electron chi connectivity index (χ2n) is 4.05. The van der Waals surface area contributed by atoms with Gasteiger partial charge in [-0.05, 0) is 36.4 Å². The lowest BCUT2D eigenvalue weighted by molar-refractivity contribution is -0.136. The van der Waals surface area contributed by atoms with Gasteiger partial charge >= 0.3 is 6.18 Å². The van der Waals surface area contributed by atoms with Crippen LogP contribution in [0, 0.1) is 5.82 Å². The van der Waals surface area contributed by atoms with E-state index >= 15 is 0 Å². The van der Waals surface area contributed by atoms with Crippen molar-refractivity contribution in [2.24, 2.45) is 0 Å². The molecule has 2 nitrogen and oxygen atoms in total. The number of anilines is 3. The van der Waals surface area contributed by atoms with Crippen LogP contribution in [-0.2, 0) is 6.18 Å². The van der Waals surface area contributed by atoms with Crippen LogP contribution >= 0.6 is 11.6 Å². The van der Waals surface area contributed by atoms with E-state index in [0.717, 1.165) is 18.2 Å². The lowest BCUT2D eigenvalue weighted by atomic mass is 10.1. The van der Waals surface area contributed by atoms with Gasteiger partial charge in [0.25, 0.3) is 0 Å². The minimum Gasteiger partial charge on any atom is -0.398 e. The first-order valence-corrected chi connectivity index (χ1v) is 5.84. The molecule has 2 aromatic carbocycles. The van der Waals surface area contributed by atoms with Crippen LogP contribution in [0.2, 0.25) is 5.02 Å². The standard InChI is InChI=1S/C13H9ClF4N2/c14-10-3-1-8(6-11(10)15)20-7-2-4-12(19)9(5-7)13(16,17)18/h1-6,20H,19H2. The predicted molar refractivity (Wildman–Crippen MR) is 70.5 cm³/mol. The second-order valence-corrected chi connectivity index (χ2v) is 4.46. The number of benzene rings is 2. The summed E-state index contributed by atoms with van der Waals surface area (Å²) in [5, 5.41) is 2.59. The molecule has 0 heterocycles. The van der Waals surface area contributed by atoms with Crippen molar-refractivity contribution in [3.63, 3.8) is 0 Å². The SMILES string of the molecule is Nc1ccc(Nc2ccc(Cl)c(F)c2)cc1C(F)(F)F. The van der Waals surface area contributed by atoms with Crippen LogP contribution in [0.5, 0.6) is 0 Å². The third kappa shape index (κ3) is 3.14. The van der Waals surface area contributed by atoms with Gasteiger partial charge in [-0.1, -0.05) is 11.6 Å². The number of hydrogen-bond donors (Lipinski definition) is 2. The highest BCUT2D eigenvalue weighted by Gasteiger charge is 2.33. The molecule has 0 aliphatic carbocycles. The molecule has 3 N–H and O–H groups in total. The zero-order valence-corrected chi connectivity index (χ0v) is 10.7. The molecule has 7 heteroatoms.